The Labute approximate surface area is 175 Å². The van der Waals surface area contributed by atoms with Crippen LogP contribution < -0.4 is 5.32 Å². The summed E-state index contributed by atoms with van der Waals surface area (Å²) in [7, 11) is -3.40. The van der Waals surface area contributed by atoms with Crippen molar-refractivity contribution in [3.63, 3.8) is 0 Å². The van der Waals surface area contributed by atoms with Crippen molar-refractivity contribution >= 4 is 27.3 Å². The quantitative estimate of drug-likeness (QED) is 0.488. The third-order valence-corrected chi connectivity index (χ3v) is 7.64. The van der Waals surface area contributed by atoms with Crippen molar-refractivity contribution in [2.45, 2.75) is 32.4 Å². The summed E-state index contributed by atoms with van der Waals surface area (Å²) in [5, 5.41) is 8.12. The zero-order chi connectivity index (χ0) is 20.7. The Morgan fingerprint density at radius 2 is 2.10 bits per heavy atom. The van der Waals surface area contributed by atoms with E-state index in [4.69, 9.17) is 9.52 Å². The zero-order valence-corrected chi connectivity index (χ0v) is 18.5. The smallest absolute Gasteiger partial charge is 0.220 e. The summed E-state index contributed by atoms with van der Waals surface area (Å²) < 4.78 is 31.4. The topological polar surface area (TPSA) is 104 Å². The predicted molar refractivity (Wildman–Crippen MR) is 113 cm³/mol. The van der Waals surface area contributed by atoms with E-state index in [2.05, 4.69) is 27.3 Å². The molecule has 0 bridgehead atoms. The molecule has 0 aliphatic carbocycles. The minimum absolute atomic E-state index is 0.134. The third kappa shape index (κ3) is 6.00. The molecule has 1 aliphatic heterocycles. The normalized spacial score (nSPS) is 16.3. The molecule has 0 atom stereocenters. The number of hydrogen-bond acceptors (Lipinski definition) is 7. The van der Waals surface area contributed by atoms with Gasteiger partial charge in [-0.2, -0.15) is 4.31 Å². The summed E-state index contributed by atoms with van der Waals surface area (Å²) in [5.74, 6) is 0.693. The molecule has 1 saturated heterocycles. The molecule has 0 aromatic carbocycles. The molecule has 9 nitrogen and oxygen atoms in total. The number of sulfonamides is 1. The molecular formula is C18H28N6O3S2. The number of nitrogens with one attached hydrogen (secondary N) is 1. The molecule has 160 valence electrons. The van der Waals surface area contributed by atoms with Gasteiger partial charge in [-0.1, -0.05) is 12.1 Å². The van der Waals surface area contributed by atoms with E-state index in [1.807, 2.05) is 13.1 Å². The van der Waals surface area contributed by atoms with E-state index in [-0.39, 0.29) is 5.75 Å². The van der Waals surface area contributed by atoms with Gasteiger partial charge in [0.15, 0.2) is 5.96 Å². The maximum Gasteiger partial charge on any atom is 0.220 e. The Hall–Kier alpha value is -1.98. The van der Waals surface area contributed by atoms with Crippen LogP contribution in [0.3, 0.4) is 0 Å². The van der Waals surface area contributed by atoms with E-state index in [1.54, 1.807) is 17.4 Å². The lowest BCUT2D eigenvalue weighted by Crippen LogP contribution is -2.54. The van der Waals surface area contributed by atoms with Crippen LogP contribution in [-0.2, 0) is 28.6 Å². The fourth-order valence-electron chi connectivity index (χ4n) is 3.08. The number of hydrogen-bond donors (Lipinski definition) is 1. The second-order valence-corrected chi connectivity index (χ2v) is 9.86. The highest BCUT2D eigenvalue weighted by Crippen LogP contribution is 2.15. The average molecular weight is 441 g/mol. The SMILES string of the molecule is CCNC(=NCCc1ncc(CC)s1)N1CCN(S(=O)(=O)Cc2ccon2)CC1. The first kappa shape index (κ1) is 21.7. The lowest BCUT2D eigenvalue weighted by molar-refractivity contribution is 0.260. The number of thiazole rings is 1. The molecule has 0 radical (unpaired) electrons. The van der Waals surface area contributed by atoms with E-state index in [0.717, 1.165) is 30.4 Å². The molecule has 2 aromatic heterocycles. The number of guanidine groups is 1. The van der Waals surface area contributed by atoms with Gasteiger partial charge in [0.2, 0.25) is 10.0 Å². The molecule has 0 saturated carbocycles. The van der Waals surface area contributed by atoms with Crippen LogP contribution in [0.2, 0.25) is 0 Å². The summed E-state index contributed by atoms with van der Waals surface area (Å²) in [6.45, 7) is 7.63. The van der Waals surface area contributed by atoms with Crippen LogP contribution in [0.4, 0.5) is 0 Å². The van der Waals surface area contributed by atoms with Gasteiger partial charge in [0.05, 0.1) is 10.7 Å². The summed E-state index contributed by atoms with van der Waals surface area (Å²) in [6.07, 6.45) is 5.14. The highest BCUT2D eigenvalue weighted by atomic mass is 32.2. The molecule has 1 aliphatic rings. The number of aliphatic imine (C=N–C) groups is 1. The molecule has 3 heterocycles. The van der Waals surface area contributed by atoms with Crippen LogP contribution in [0, 0.1) is 0 Å². The Morgan fingerprint density at radius 3 is 2.72 bits per heavy atom. The molecule has 3 rings (SSSR count). The van der Waals surface area contributed by atoms with E-state index >= 15 is 0 Å². The molecule has 1 fully saturated rings. The van der Waals surface area contributed by atoms with Gasteiger partial charge >= 0.3 is 0 Å². The molecule has 29 heavy (non-hydrogen) atoms. The summed E-state index contributed by atoms with van der Waals surface area (Å²) in [4.78, 5) is 12.6. The highest BCUT2D eigenvalue weighted by molar-refractivity contribution is 7.88. The second kappa shape index (κ2) is 10.2. The molecule has 0 unspecified atom stereocenters. The van der Waals surface area contributed by atoms with Gasteiger partial charge in [-0.25, -0.2) is 13.4 Å². The van der Waals surface area contributed by atoms with E-state index in [0.29, 0.717) is 38.4 Å². The number of piperazine rings is 1. The molecule has 1 N–H and O–H groups in total. The summed E-state index contributed by atoms with van der Waals surface area (Å²) in [6, 6.07) is 1.58. The van der Waals surface area contributed by atoms with E-state index in [9.17, 15) is 8.42 Å². The first-order valence-electron chi connectivity index (χ1n) is 9.85. The van der Waals surface area contributed by atoms with Gasteiger partial charge in [0.25, 0.3) is 0 Å². The van der Waals surface area contributed by atoms with Gasteiger partial charge in [0.1, 0.15) is 12.0 Å². The first-order chi connectivity index (χ1) is 14.0. The molecule has 0 amide bonds. The van der Waals surface area contributed by atoms with E-state index < -0.39 is 10.0 Å². The average Bonchev–Trinajstić information content (AvgIpc) is 3.39. The summed E-state index contributed by atoms with van der Waals surface area (Å²) >= 11 is 1.74. The van der Waals surface area contributed by atoms with Crippen molar-refractivity contribution in [3.8, 4) is 0 Å². The van der Waals surface area contributed by atoms with Gasteiger partial charge in [0, 0.05) is 62.8 Å². The van der Waals surface area contributed by atoms with Crippen LogP contribution in [0.25, 0.3) is 0 Å². The molecule has 2 aromatic rings. The van der Waals surface area contributed by atoms with Crippen molar-refractivity contribution in [3.05, 3.63) is 34.1 Å². The zero-order valence-electron chi connectivity index (χ0n) is 16.9. The van der Waals surface area contributed by atoms with Crippen molar-refractivity contribution in [2.24, 2.45) is 4.99 Å². The van der Waals surface area contributed by atoms with Crippen LogP contribution in [0.1, 0.15) is 29.4 Å². The Bertz CT molecular complexity index is 887. The van der Waals surface area contributed by atoms with Gasteiger partial charge in [-0.15, -0.1) is 11.3 Å². The number of nitrogens with zero attached hydrogens (tertiary/aromatic N) is 5. The van der Waals surface area contributed by atoms with Gasteiger partial charge in [-0.05, 0) is 13.3 Å². The minimum Gasteiger partial charge on any atom is -0.364 e. The lowest BCUT2D eigenvalue weighted by Gasteiger charge is -2.35. The van der Waals surface area contributed by atoms with Gasteiger partial charge in [-0.3, -0.25) is 4.99 Å². The molecular weight excluding hydrogens is 412 g/mol. The Kier molecular flexibility index (Phi) is 7.62. The number of aryl methyl sites for hydroxylation is 1. The number of rotatable bonds is 8. The van der Waals surface area contributed by atoms with Crippen molar-refractivity contribution in [1.82, 2.24) is 24.7 Å². The van der Waals surface area contributed by atoms with Crippen LogP contribution in [0.5, 0.6) is 0 Å². The first-order valence-corrected chi connectivity index (χ1v) is 12.3. The van der Waals surface area contributed by atoms with E-state index in [1.165, 1.54) is 15.4 Å². The molecule has 11 heteroatoms. The van der Waals surface area contributed by atoms with Crippen LogP contribution in [0.15, 0.2) is 28.0 Å². The Morgan fingerprint density at radius 1 is 1.31 bits per heavy atom. The summed E-state index contributed by atoms with van der Waals surface area (Å²) in [5.41, 5.74) is 0.427. The maximum atomic E-state index is 12.6. The van der Waals surface area contributed by atoms with Crippen LogP contribution >= 0.6 is 11.3 Å². The number of aromatic nitrogens is 2. The second-order valence-electron chi connectivity index (χ2n) is 6.69. The maximum absolute atomic E-state index is 12.6. The predicted octanol–water partition coefficient (Wildman–Crippen LogP) is 1.35. The monoisotopic (exact) mass is 440 g/mol. The van der Waals surface area contributed by atoms with Gasteiger partial charge < -0.3 is 14.7 Å². The highest BCUT2D eigenvalue weighted by Gasteiger charge is 2.28. The molecule has 0 spiro atoms. The van der Waals surface area contributed by atoms with Crippen molar-refractivity contribution in [2.75, 3.05) is 39.3 Å². The standard InChI is InChI=1S/C18H28N6O3S2/c1-3-16-13-21-17(28-16)5-7-20-18(19-4-2)23-8-10-24(11-9-23)29(25,26)14-15-6-12-27-22-15/h6,12-13H,3-5,7-11,14H2,1-2H3,(H,19,20). The Balaban J connectivity index is 1.54. The van der Waals surface area contributed by atoms with Crippen molar-refractivity contribution in [1.29, 1.82) is 0 Å². The minimum atomic E-state index is -3.40. The largest absolute Gasteiger partial charge is 0.364 e. The third-order valence-electron chi connectivity index (χ3n) is 4.63. The fraction of sp³-hybridized carbons (Fsp3) is 0.611. The lowest BCUT2D eigenvalue weighted by atomic mass is 10.4. The fourth-order valence-corrected chi connectivity index (χ4v) is 5.35. The van der Waals surface area contributed by atoms with Crippen molar-refractivity contribution < 1.29 is 12.9 Å². The van der Waals surface area contributed by atoms with Crippen LogP contribution in [-0.4, -0.2) is 73.0 Å².